The van der Waals surface area contributed by atoms with E-state index < -0.39 is 6.04 Å². The van der Waals surface area contributed by atoms with Gasteiger partial charge in [0.25, 0.3) is 5.91 Å². The highest BCUT2D eigenvalue weighted by molar-refractivity contribution is 5.99. The van der Waals surface area contributed by atoms with E-state index in [-0.39, 0.29) is 19.7 Å². The average molecular weight is 360 g/mol. The number of benzene rings is 1. The molecule has 1 N–H and O–H groups in total. The first kappa shape index (κ1) is 16.9. The Kier molecular flexibility index (Phi) is 4.61. The van der Waals surface area contributed by atoms with Gasteiger partial charge < -0.3 is 10.2 Å². The minimum atomic E-state index is -0.401. The number of amides is 2. The van der Waals surface area contributed by atoms with Gasteiger partial charge >= 0.3 is 0 Å². The molecule has 3 heterocycles. The lowest BCUT2D eigenvalue weighted by Crippen LogP contribution is -2.32. The second-order valence-corrected chi connectivity index (χ2v) is 6.36. The topological polar surface area (TPSA) is 75.2 Å². The fourth-order valence-electron chi connectivity index (χ4n) is 3.32. The van der Waals surface area contributed by atoms with Crippen LogP contribution in [-0.2, 0) is 11.3 Å². The van der Waals surface area contributed by atoms with Crippen molar-refractivity contribution in [3.63, 3.8) is 0 Å². The van der Waals surface area contributed by atoms with Gasteiger partial charge in [-0.3, -0.25) is 14.6 Å². The third kappa shape index (κ3) is 3.55. The molecule has 2 amide bonds. The summed E-state index contributed by atoms with van der Waals surface area (Å²) in [5, 5.41) is 2.79. The summed E-state index contributed by atoms with van der Waals surface area (Å²) in [7, 11) is 0. The predicted octanol–water partition coefficient (Wildman–Crippen LogP) is 3.45. The number of anilines is 1. The first-order valence-corrected chi connectivity index (χ1v) is 8.72. The second-order valence-electron chi connectivity index (χ2n) is 6.36. The Morgan fingerprint density at radius 1 is 1.11 bits per heavy atom. The van der Waals surface area contributed by atoms with Crippen LogP contribution >= 0.6 is 0 Å². The van der Waals surface area contributed by atoms with Gasteiger partial charge in [-0.05, 0) is 35.4 Å². The monoisotopic (exact) mass is 360 g/mol. The summed E-state index contributed by atoms with van der Waals surface area (Å²) in [5.41, 5.74) is 2.49. The Bertz CT molecular complexity index is 966. The second kappa shape index (κ2) is 7.37. The summed E-state index contributed by atoms with van der Waals surface area (Å²) < 4.78 is 0. The molecule has 0 bridgehead atoms. The Morgan fingerprint density at radius 2 is 1.96 bits per heavy atom. The SMILES string of the molecule is O=C(CC(c1cccnc1)N1Cc2ccccc2C1=O)Nc1ccccn1.[HH]. The summed E-state index contributed by atoms with van der Waals surface area (Å²) in [5.74, 6) is 0.222. The van der Waals surface area contributed by atoms with Gasteiger partial charge in [-0.2, -0.15) is 0 Å². The summed E-state index contributed by atoms with van der Waals surface area (Å²) >= 11 is 0. The molecule has 0 saturated heterocycles. The minimum Gasteiger partial charge on any atom is -0.327 e. The summed E-state index contributed by atoms with van der Waals surface area (Å²) in [6, 6.07) is 16.2. The van der Waals surface area contributed by atoms with Crippen LogP contribution in [0.3, 0.4) is 0 Å². The number of rotatable bonds is 5. The Hall–Kier alpha value is -3.54. The molecule has 1 aliphatic rings. The van der Waals surface area contributed by atoms with Crippen molar-refractivity contribution in [2.45, 2.75) is 19.0 Å². The molecule has 1 aromatic carbocycles. The molecule has 3 aromatic rings. The van der Waals surface area contributed by atoms with Gasteiger partial charge in [0.1, 0.15) is 5.82 Å². The third-order valence-electron chi connectivity index (χ3n) is 4.61. The van der Waals surface area contributed by atoms with Crippen LogP contribution in [0.15, 0.2) is 73.2 Å². The van der Waals surface area contributed by atoms with Gasteiger partial charge in [-0.25, -0.2) is 4.98 Å². The largest absolute Gasteiger partial charge is 0.327 e. The van der Waals surface area contributed by atoms with Crippen molar-refractivity contribution in [3.05, 3.63) is 89.9 Å². The number of aromatic nitrogens is 2. The molecule has 0 aliphatic carbocycles. The summed E-state index contributed by atoms with van der Waals surface area (Å²) in [6.07, 6.45) is 5.13. The number of carbonyl (C=O) groups is 2. The van der Waals surface area contributed by atoms with E-state index in [4.69, 9.17) is 0 Å². The first-order chi connectivity index (χ1) is 13.2. The molecule has 136 valence electrons. The normalized spacial score (nSPS) is 13.9. The van der Waals surface area contributed by atoms with Crippen LogP contribution in [0.25, 0.3) is 0 Å². The number of nitrogens with one attached hydrogen (secondary N) is 1. The maximum Gasteiger partial charge on any atom is 0.255 e. The zero-order valence-electron chi connectivity index (χ0n) is 14.6. The number of nitrogens with zero attached hydrogens (tertiary/aromatic N) is 3. The number of hydrogen-bond donors (Lipinski definition) is 1. The highest BCUT2D eigenvalue weighted by atomic mass is 16.2. The van der Waals surface area contributed by atoms with Gasteiger partial charge in [0.15, 0.2) is 0 Å². The number of pyridine rings is 2. The zero-order valence-corrected chi connectivity index (χ0v) is 14.6. The van der Waals surface area contributed by atoms with Crippen molar-refractivity contribution in [2.24, 2.45) is 0 Å². The van der Waals surface area contributed by atoms with E-state index in [1.165, 1.54) is 0 Å². The van der Waals surface area contributed by atoms with Crippen molar-refractivity contribution < 1.29 is 11.0 Å². The fraction of sp³-hybridized carbons (Fsp3) is 0.143. The number of fused-ring (bicyclic) bond motifs is 1. The Morgan fingerprint density at radius 3 is 2.70 bits per heavy atom. The molecule has 1 atom stereocenters. The lowest BCUT2D eigenvalue weighted by molar-refractivity contribution is -0.117. The highest BCUT2D eigenvalue weighted by Crippen LogP contribution is 2.33. The average Bonchev–Trinajstić information content (AvgIpc) is 3.04. The summed E-state index contributed by atoms with van der Waals surface area (Å²) in [4.78, 5) is 35.6. The molecule has 4 rings (SSSR count). The molecule has 1 unspecified atom stereocenters. The third-order valence-corrected chi connectivity index (χ3v) is 4.61. The smallest absolute Gasteiger partial charge is 0.255 e. The molecule has 0 saturated carbocycles. The van der Waals surface area contributed by atoms with E-state index in [9.17, 15) is 9.59 Å². The van der Waals surface area contributed by atoms with Crippen molar-refractivity contribution >= 4 is 17.6 Å². The van der Waals surface area contributed by atoms with Crippen LogP contribution in [0.5, 0.6) is 0 Å². The maximum absolute atomic E-state index is 12.9. The molecule has 1 aliphatic heterocycles. The van der Waals surface area contributed by atoms with Crippen molar-refractivity contribution in [2.75, 3.05) is 5.32 Å². The molecular weight excluding hydrogens is 340 g/mol. The van der Waals surface area contributed by atoms with Crippen molar-refractivity contribution in [1.29, 1.82) is 0 Å². The Balaban J connectivity index is 0.00000225. The zero-order chi connectivity index (χ0) is 18.6. The van der Waals surface area contributed by atoms with E-state index >= 15 is 0 Å². The van der Waals surface area contributed by atoms with Gasteiger partial charge in [0.05, 0.1) is 12.5 Å². The quantitative estimate of drug-likeness (QED) is 0.756. The lowest BCUT2D eigenvalue weighted by atomic mass is 10.0. The molecule has 0 fully saturated rings. The molecule has 27 heavy (non-hydrogen) atoms. The van der Waals surface area contributed by atoms with E-state index in [2.05, 4.69) is 15.3 Å². The van der Waals surface area contributed by atoms with E-state index in [1.807, 2.05) is 42.5 Å². The standard InChI is InChI=1S/C21H18N4O2.H2/c26-20(24-19-9-3-4-11-23-19)12-18(15-7-5-10-22-13-15)25-14-16-6-1-2-8-17(16)21(25)27;/h1-11,13,18H,12,14H2,(H,23,24,26);1H. The van der Waals surface area contributed by atoms with Crippen LogP contribution in [0, 0.1) is 0 Å². The van der Waals surface area contributed by atoms with Gasteiger partial charge in [0.2, 0.25) is 5.91 Å². The fourth-order valence-corrected chi connectivity index (χ4v) is 3.32. The molecule has 0 spiro atoms. The predicted molar refractivity (Wildman–Crippen MR) is 103 cm³/mol. The highest BCUT2D eigenvalue weighted by Gasteiger charge is 2.34. The van der Waals surface area contributed by atoms with E-state index in [0.29, 0.717) is 17.9 Å². The van der Waals surface area contributed by atoms with Gasteiger partial charge in [-0.15, -0.1) is 0 Å². The molecule has 2 aromatic heterocycles. The van der Waals surface area contributed by atoms with Crippen LogP contribution in [0.1, 0.15) is 35.4 Å². The molecular formula is C21H20N4O2. The summed E-state index contributed by atoms with van der Waals surface area (Å²) in [6.45, 7) is 0.478. The van der Waals surface area contributed by atoms with Crippen LogP contribution in [0.2, 0.25) is 0 Å². The van der Waals surface area contributed by atoms with Crippen LogP contribution in [-0.4, -0.2) is 26.7 Å². The van der Waals surface area contributed by atoms with Gasteiger partial charge in [-0.1, -0.05) is 30.3 Å². The van der Waals surface area contributed by atoms with E-state index in [1.54, 1.807) is 35.6 Å². The van der Waals surface area contributed by atoms with Gasteiger partial charge in [0, 0.05) is 32.1 Å². The van der Waals surface area contributed by atoms with E-state index in [0.717, 1.165) is 11.1 Å². The number of carbonyl (C=O) groups excluding carboxylic acids is 2. The Labute approximate surface area is 158 Å². The lowest BCUT2D eigenvalue weighted by Gasteiger charge is -2.27. The molecule has 6 heteroatoms. The van der Waals surface area contributed by atoms with Crippen molar-refractivity contribution in [1.82, 2.24) is 14.9 Å². The number of hydrogen-bond acceptors (Lipinski definition) is 4. The van der Waals surface area contributed by atoms with Crippen molar-refractivity contribution in [3.8, 4) is 0 Å². The minimum absolute atomic E-state index is 0. The first-order valence-electron chi connectivity index (χ1n) is 8.72. The molecule has 0 radical (unpaired) electrons. The molecule has 6 nitrogen and oxygen atoms in total. The maximum atomic E-state index is 12.9. The van der Waals surface area contributed by atoms with Crippen LogP contribution in [0.4, 0.5) is 5.82 Å². The van der Waals surface area contributed by atoms with Crippen LogP contribution < -0.4 is 5.32 Å².